The quantitative estimate of drug-likeness (QED) is 0.740. The number of ether oxygens (including phenoxy) is 2. The number of esters is 1. The second-order valence-corrected chi connectivity index (χ2v) is 5.33. The van der Waals surface area contributed by atoms with Gasteiger partial charge >= 0.3 is 11.9 Å². The summed E-state index contributed by atoms with van der Waals surface area (Å²) in [6.07, 6.45) is -0.405. The monoisotopic (exact) mass is 330 g/mol. The predicted octanol–water partition coefficient (Wildman–Crippen LogP) is 2.26. The lowest BCUT2D eigenvalue weighted by molar-refractivity contribution is 0.0248. The van der Waals surface area contributed by atoms with Gasteiger partial charge in [0.15, 0.2) is 11.5 Å². The molecule has 124 valence electrons. The number of rotatable bonds is 3. The zero-order valence-corrected chi connectivity index (χ0v) is 12.6. The smallest absolute Gasteiger partial charge is 0.342 e. The number of carboxylic acid groups (broad SMARTS) is 1. The van der Waals surface area contributed by atoms with Gasteiger partial charge in [0.25, 0.3) is 0 Å². The normalized spacial score (nSPS) is 16.2. The first-order valence-electron chi connectivity index (χ1n) is 7.08. The molecule has 0 spiro atoms. The molecule has 0 fully saturated rings. The Morgan fingerprint density at radius 2 is 2.00 bits per heavy atom. The van der Waals surface area contributed by atoms with Crippen LogP contribution < -0.4 is 4.74 Å². The Morgan fingerprint density at radius 1 is 1.25 bits per heavy atom. The Hall–Kier alpha value is -3.22. The third-order valence-electron chi connectivity index (χ3n) is 3.93. The van der Waals surface area contributed by atoms with E-state index in [0.29, 0.717) is 16.9 Å². The van der Waals surface area contributed by atoms with Gasteiger partial charge in [0.2, 0.25) is 0 Å². The fourth-order valence-corrected chi connectivity index (χ4v) is 2.73. The molecular weight excluding hydrogens is 316 g/mol. The molecule has 1 aliphatic heterocycles. The first-order valence-corrected chi connectivity index (χ1v) is 7.08. The van der Waals surface area contributed by atoms with E-state index < -0.39 is 23.8 Å². The number of carbonyl (C=O) groups excluding carboxylic acids is 1. The van der Waals surface area contributed by atoms with Crippen molar-refractivity contribution in [3.63, 3.8) is 0 Å². The van der Waals surface area contributed by atoms with E-state index >= 15 is 0 Å². The molecule has 0 aromatic heterocycles. The van der Waals surface area contributed by atoms with Gasteiger partial charge in [0.1, 0.15) is 23.0 Å². The Labute approximate surface area is 136 Å². The zero-order chi connectivity index (χ0) is 17.4. The van der Waals surface area contributed by atoms with Crippen LogP contribution in [0.3, 0.4) is 0 Å². The minimum absolute atomic E-state index is 0.0825. The number of cyclic esters (lactones) is 1. The van der Waals surface area contributed by atoms with E-state index in [-0.39, 0.29) is 23.3 Å². The number of hydrogen-bond acceptors (Lipinski definition) is 6. The predicted molar refractivity (Wildman–Crippen MR) is 81.6 cm³/mol. The lowest BCUT2D eigenvalue weighted by Gasteiger charge is -2.26. The topological polar surface area (TPSA) is 113 Å². The minimum atomic E-state index is -1.33. The Bertz CT molecular complexity index is 841. The number of hydrogen-bond donors (Lipinski definition) is 3. The fourth-order valence-electron chi connectivity index (χ4n) is 2.73. The first kappa shape index (κ1) is 15.7. The van der Waals surface area contributed by atoms with Gasteiger partial charge in [-0.1, -0.05) is 12.1 Å². The highest BCUT2D eigenvalue weighted by Crippen LogP contribution is 2.38. The van der Waals surface area contributed by atoms with Crippen LogP contribution in [0.1, 0.15) is 37.9 Å². The van der Waals surface area contributed by atoms with Gasteiger partial charge in [0, 0.05) is 6.42 Å². The summed E-state index contributed by atoms with van der Waals surface area (Å²) in [4.78, 5) is 23.3. The zero-order valence-electron chi connectivity index (χ0n) is 12.6. The summed E-state index contributed by atoms with van der Waals surface area (Å²) in [6, 6.07) is 7.38. The molecule has 1 aliphatic rings. The molecule has 0 saturated heterocycles. The van der Waals surface area contributed by atoms with Crippen LogP contribution in [0.4, 0.5) is 0 Å². The van der Waals surface area contributed by atoms with E-state index in [0.717, 1.165) is 0 Å². The molecule has 1 atom stereocenters. The highest BCUT2D eigenvalue weighted by molar-refractivity contribution is 6.01. The Kier molecular flexibility index (Phi) is 3.76. The molecule has 0 aliphatic carbocycles. The van der Waals surface area contributed by atoms with Gasteiger partial charge in [-0.2, -0.15) is 0 Å². The number of phenolic OH excluding ortho intramolecular Hbond substituents is 1. The van der Waals surface area contributed by atoms with Crippen molar-refractivity contribution < 1.29 is 34.4 Å². The number of aromatic hydroxyl groups is 2. The average molecular weight is 330 g/mol. The van der Waals surface area contributed by atoms with Crippen molar-refractivity contribution in [3.05, 3.63) is 52.6 Å². The molecule has 0 saturated carbocycles. The van der Waals surface area contributed by atoms with Crippen LogP contribution in [0, 0.1) is 0 Å². The van der Waals surface area contributed by atoms with Crippen molar-refractivity contribution in [1.82, 2.24) is 0 Å². The maximum atomic E-state index is 12.2. The van der Waals surface area contributed by atoms with E-state index in [1.807, 2.05) is 0 Å². The van der Waals surface area contributed by atoms with Crippen molar-refractivity contribution in [1.29, 1.82) is 0 Å². The van der Waals surface area contributed by atoms with E-state index in [1.165, 1.54) is 25.3 Å². The lowest BCUT2D eigenvalue weighted by atomic mass is 9.92. The average Bonchev–Trinajstić information content (AvgIpc) is 2.54. The lowest BCUT2D eigenvalue weighted by Crippen LogP contribution is -2.22. The van der Waals surface area contributed by atoms with E-state index in [2.05, 4.69) is 0 Å². The summed E-state index contributed by atoms with van der Waals surface area (Å²) in [7, 11) is 1.43. The largest absolute Gasteiger partial charge is 0.506 e. The molecule has 0 amide bonds. The Morgan fingerprint density at radius 3 is 2.62 bits per heavy atom. The Balaban J connectivity index is 1.98. The maximum Gasteiger partial charge on any atom is 0.342 e. The van der Waals surface area contributed by atoms with E-state index in [9.17, 15) is 19.8 Å². The molecule has 24 heavy (non-hydrogen) atoms. The molecule has 7 heteroatoms. The molecule has 1 unspecified atom stereocenters. The summed E-state index contributed by atoms with van der Waals surface area (Å²) < 4.78 is 10.3. The summed E-state index contributed by atoms with van der Waals surface area (Å²) in [6.45, 7) is 0. The molecule has 0 bridgehead atoms. The summed E-state index contributed by atoms with van der Waals surface area (Å²) >= 11 is 0. The van der Waals surface area contributed by atoms with Crippen LogP contribution in [-0.4, -0.2) is 34.4 Å². The third kappa shape index (κ3) is 2.50. The highest BCUT2D eigenvalue weighted by Gasteiger charge is 2.32. The number of phenols is 2. The van der Waals surface area contributed by atoms with Gasteiger partial charge in [-0.15, -0.1) is 0 Å². The molecule has 1 heterocycles. The SMILES string of the molecule is COc1ccc(C2Cc3ccc(C(=O)O)c(O)c3C(=O)O2)cc1O. The summed E-state index contributed by atoms with van der Waals surface area (Å²) in [5.74, 6) is -2.52. The molecule has 2 aromatic carbocycles. The number of benzene rings is 2. The molecule has 7 nitrogen and oxygen atoms in total. The first-order chi connectivity index (χ1) is 11.4. The van der Waals surface area contributed by atoms with Crippen molar-refractivity contribution >= 4 is 11.9 Å². The number of carboxylic acids is 1. The van der Waals surface area contributed by atoms with Crippen LogP contribution in [0.25, 0.3) is 0 Å². The van der Waals surface area contributed by atoms with Gasteiger partial charge in [-0.05, 0) is 29.3 Å². The molecular formula is C17H14O7. The maximum absolute atomic E-state index is 12.2. The fraction of sp³-hybridized carbons (Fsp3) is 0.176. The van der Waals surface area contributed by atoms with Crippen molar-refractivity contribution in [2.75, 3.05) is 7.11 Å². The number of carbonyl (C=O) groups is 2. The molecule has 0 radical (unpaired) electrons. The van der Waals surface area contributed by atoms with Gasteiger partial charge < -0.3 is 24.8 Å². The van der Waals surface area contributed by atoms with Gasteiger partial charge in [-0.25, -0.2) is 9.59 Å². The van der Waals surface area contributed by atoms with Crippen molar-refractivity contribution in [2.45, 2.75) is 12.5 Å². The summed E-state index contributed by atoms with van der Waals surface area (Å²) in [5, 5.41) is 28.9. The number of aromatic carboxylic acids is 1. The van der Waals surface area contributed by atoms with Crippen LogP contribution >= 0.6 is 0 Å². The van der Waals surface area contributed by atoms with Gasteiger partial charge in [-0.3, -0.25) is 0 Å². The van der Waals surface area contributed by atoms with Crippen LogP contribution in [0.5, 0.6) is 17.2 Å². The minimum Gasteiger partial charge on any atom is -0.506 e. The van der Waals surface area contributed by atoms with Crippen LogP contribution in [-0.2, 0) is 11.2 Å². The highest BCUT2D eigenvalue weighted by atomic mass is 16.5. The van der Waals surface area contributed by atoms with Crippen molar-refractivity contribution in [2.24, 2.45) is 0 Å². The number of fused-ring (bicyclic) bond motifs is 1. The van der Waals surface area contributed by atoms with Gasteiger partial charge in [0.05, 0.1) is 7.11 Å². The van der Waals surface area contributed by atoms with E-state index in [1.54, 1.807) is 12.1 Å². The second kappa shape index (κ2) is 5.77. The molecule has 3 N–H and O–H groups in total. The van der Waals surface area contributed by atoms with Crippen molar-refractivity contribution in [3.8, 4) is 17.2 Å². The molecule has 2 aromatic rings. The van der Waals surface area contributed by atoms with Crippen LogP contribution in [0.15, 0.2) is 30.3 Å². The number of methoxy groups -OCH3 is 1. The van der Waals surface area contributed by atoms with E-state index in [4.69, 9.17) is 14.6 Å². The standard InChI is InChI=1S/C17H14O7/c1-23-12-5-3-8(6-11(12)18)13-7-9-2-4-10(16(20)21)15(19)14(9)17(22)24-13/h2-6,13,18-19H,7H2,1H3,(H,20,21). The second-order valence-electron chi connectivity index (χ2n) is 5.33. The molecule has 3 rings (SSSR count). The van der Waals surface area contributed by atoms with Crippen LogP contribution in [0.2, 0.25) is 0 Å². The third-order valence-corrected chi connectivity index (χ3v) is 3.93. The summed E-state index contributed by atoms with van der Waals surface area (Å²) in [5.41, 5.74) is 0.554.